The first-order valence-corrected chi connectivity index (χ1v) is 8.12. The quantitative estimate of drug-likeness (QED) is 0.730. The monoisotopic (exact) mass is 405 g/mol. The van der Waals surface area contributed by atoms with Crippen LogP contribution in [0.1, 0.15) is 24.2 Å². The Morgan fingerprint density at radius 2 is 1.87 bits per heavy atom. The molecule has 0 saturated heterocycles. The minimum Gasteiger partial charge on any atom is -0.343 e. The van der Waals surface area contributed by atoms with Gasteiger partial charge in [0.1, 0.15) is 6.04 Å². The molecule has 1 unspecified atom stereocenters. The van der Waals surface area contributed by atoms with Gasteiger partial charge >= 0.3 is 0 Å². The van der Waals surface area contributed by atoms with E-state index in [4.69, 9.17) is 0 Å². The zero-order valence-electron chi connectivity index (χ0n) is 13.9. The van der Waals surface area contributed by atoms with Crippen molar-refractivity contribution in [2.24, 2.45) is 5.92 Å². The molecular weight excluding hydrogens is 382 g/mol. The lowest BCUT2D eigenvalue weighted by molar-refractivity contribution is -0.132. The molecule has 1 aromatic rings. The number of carbonyl (C=O) groups excluding carboxylic acids is 2. The minimum absolute atomic E-state index is 0. The summed E-state index contributed by atoms with van der Waals surface area (Å²) in [5.74, 6) is -0.317. The molecule has 0 aliphatic rings. The number of hydrogen-bond acceptors (Lipinski definition) is 3. The molecule has 7 heteroatoms. The summed E-state index contributed by atoms with van der Waals surface area (Å²) in [5, 5.41) is 5.86. The highest BCUT2D eigenvalue weighted by Gasteiger charge is 2.27. The van der Waals surface area contributed by atoms with Gasteiger partial charge in [0, 0.05) is 24.6 Å². The number of rotatable bonds is 7. The summed E-state index contributed by atoms with van der Waals surface area (Å²) in [7, 11) is 3.59. The predicted octanol–water partition coefficient (Wildman–Crippen LogP) is 2.30. The van der Waals surface area contributed by atoms with Crippen molar-refractivity contribution in [2.45, 2.75) is 19.9 Å². The first-order valence-electron chi connectivity index (χ1n) is 7.33. The van der Waals surface area contributed by atoms with Crippen LogP contribution in [0.4, 0.5) is 0 Å². The zero-order valence-corrected chi connectivity index (χ0v) is 16.3. The van der Waals surface area contributed by atoms with Crippen molar-refractivity contribution in [1.82, 2.24) is 15.5 Å². The van der Waals surface area contributed by atoms with E-state index < -0.39 is 6.04 Å². The van der Waals surface area contributed by atoms with E-state index in [0.29, 0.717) is 23.1 Å². The van der Waals surface area contributed by atoms with E-state index in [1.807, 2.05) is 27.0 Å². The van der Waals surface area contributed by atoms with Crippen molar-refractivity contribution >= 4 is 40.2 Å². The molecule has 1 rings (SSSR count). The van der Waals surface area contributed by atoms with Crippen LogP contribution in [0.2, 0.25) is 0 Å². The SMILES string of the molecule is CNCCN(C)C(=O)C(NC(=O)c1ccccc1Br)C(C)C.Cl. The van der Waals surface area contributed by atoms with Crippen LogP contribution in [-0.4, -0.2) is 49.9 Å². The molecule has 0 aromatic heterocycles. The summed E-state index contributed by atoms with van der Waals surface area (Å²) in [6, 6.07) is 6.63. The molecule has 130 valence electrons. The van der Waals surface area contributed by atoms with Gasteiger partial charge < -0.3 is 15.5 Å². The smallest absolute Gasteiger partial charge is 0.253 e. The predicted molar refractivity (Wildman–Crippen MR) is 99.0 cm³/mol. The third-order valence-electron chi connectivity index (χ3n) is 3.41. The van der Waals surface area contributed by atoms with Crippen molar-refractivity contribution in [3.63, 3.8) is 0 Å². The second kappa shape index (κ2) is 10.6. The Labute approximate surface area is 152 Å². The highest BCUT2D eigenvalue weighted by molar-refractivity contribution is 9.10. The number of nitrogens with one attached hydrogen (secondary N) is 2. The Morgan fingerprint density at radius 1 is 1.26 bits per heavy atom. The molecule has 0 fully saturated rings. The maximum Gasteiger partial charge on any atom is 0.253 e. The number of likely N-dealkylation sites (N-methyl/N-ethyl adjacent to an activating group) is 2. The van der Waals surface area contributed by atoms with Gasteiger partial charge in [0.15, 0.2) is 0 Å². The second-order valence-corrected chi connectivity index (χ2v) is 6.39. The van der Waals surface area contributed by atoms with E-state index in [2.05, 4.69) is 26.6 Å². The van der Waals surface area contributed by atoms with Gasteiger partial charge in [-0.1, -0.05) is 26.0 Å². The average Bonchev–Trinajstić information content (AvgIpc) is 2.49. The molecule has 0 aliphatic carbocycles. The standard InChI is InChI=1S/C16H24BrN3O2.ClH/c1-11(2)14(16(22)20(4)10-9-18-3)19-15(21)12-7-5-6-8-13(12)17;/h5-8,11,14,18H,9-10H2,1-4H3,(H,19,21);1H. The Kier molecular flexibility index (Phi) is 10.1. The summed E-state index contributed by atoms with van der Waals surface area (Å²) in [6.45, 7) is 5.16. The third kappa shape index (κ3) is 6.49. The molecule has 0 saturated carbocycles. The van der Waals surface area contributed by atoms with Crippen molar-refractivity contribution in [1.29, 1.82) is 0 Å². The fraction of sp³-hybridized carbons (Fsp3) is 0.500. The second-order valence-electron chi connectivity index (χ2n) is 5.54. The lowest BCUT2D eigenvalue weighted by atomic mass is 10.0. The summed E-state index contributed by atoms with van der Waals surface area (Å²) in [6.07, 6.45) is 0. The van der Waals surface area contributed by atoms with Crippen LogP contribution >= 0.6 is 28.3 Å². The van der Waals surface area contributed by atoms with Crippen molar-refractivity contribution in [2.75, 3.05) is 27.2 Å². The normalized spacial score (nSPS) is 11.6. The van der Waals surface area contributed by atoms with Crippen LogP contribution in [-0.2, 0) is 4.79 Å². The van der Waals surface area contributed by atoms with Crippen molar-refractivity contribution in [3.05, 3.63) is 34.3 Å². The zero-order chi connectivity index (χ0) is 16.7. The van der Waals surface area contributed by atoms with Gasteiger partial charge in [0.05, 0.1) is 5.56 Å². The lowest BCUT2D eigenvalue weighted by Crippen LogP contribution is -2.51. The van der Waals surface area contributed by atoms with Gasteiger partial charge in [-0.15, -0.1) is 12.4 Å². The molecule has 0 spiro atoms. The van der Waals surface area contributed by atoms with E-state index in [1.54, 1.807) is 30.1 Å². The Morgan fingerprint density at radius 3 is 2.39 bits per heavy atom. The van der Waals surface area contributed by atoms with E-state index in [9.17, 15) is 9.59 Å². The minimum atomic E-state index is -0.540. The number of carbonyl (C=O) groups is 2. The molecule has 2 N–H and O–H groups in total. The topological polar surface area (TPSA) is 61.4 Å². The summed E-state index contributed by atoms with van der Waals surface area (Å²) in [5.41, 5.74) is 0.527. The van der Waals surface area contributed by atoms with Crippen LogP contribution in [0.3, 0.4) is 0 Å². The molecule has 1 atom stereocenters. The van der Waals surface area contributed by atoms with Gasteiger partial charge in [0.2, 0.25) is 5.91 Å². The van der Waals surface area contributed by atoms with Gasteiger partial charge in [-0.3, -0.25) is 9.59 Å². The van der Waals surface area contributed by atoms with E-state index >= 15 is 0 Å². The van der Waals surface area contributed by atoms with Crippen LogP contribution in [0.25, 0.3) is 0 Å². The molecule has 0 radical (unpaired) electrons. The number of benzene rings is 1. The average molecular weight is 407 g/mol. The molecule has 5 nitrogen and oxygen atoms in total. The number of nitrogens with zero attached hydrogens (tertiary/aromatic N) is 1. The molecule has 0 heterocycles. The van der Waals surface area contributed by atoms with E-state index in [1.165, 1.54) is 0 Å². The largest absolute Gasteiger partial charge is 0.343 e. The fourth-order valence-corrected chi connectivity index (χ4v) is 2.47. The van der Waals surface area contributed by atoms with Crippen molar-refractivity contribution < 1.29 is 9.59 Å². The first-order chi connectivity index (χ1) is 10.4. The Hall–Kier alpha value is -1.11. The van der Waals surface area contributed by atoms with Gasteiger partial charge in [-0.2, -0.15) is 0 Å². The van der Waals surface area contributed by atoms with Crippen LogP contribution < -0.4 is 10.6 Å². The highest BCUT2D eigenvalue weighted by atomic mass is 79.9. The Bertz CT molecular complexity index is 526. The number of hydrogen-bond donors (Lipinski definition) is 2. The summed E-state index contributed by atoms with van der Waals surface area (Å²) < 4.78 is 0.714. The van der Waals surface area contributed by atoms with E-state index in [0.717, 1.165) is 0 Å². The molecule has 0 bridgehead atoms. The molecule has 0 aliphatic heterocycles. The number of amides is 2. The van der Waals surface area contributed by atoms with Gasteiger partial charge in [-0.05, 0) is 41.0 Å². The van der Waals surface area contributed by atoms with Crippen LogP contribution in [0.5, 0.6) is 0 Å². The van der Waals surface area contributed by atoms with Crippen LogP contribution in [0.15, 0.2) is 28.7 Å². The van der Waals surface area contributed by atoms with Crippen LogP contribution in [0, 0.1) is 5.92 Å². The molecule has 23 heavy (non-hydrogen) atoms. The lowest BCUT2D eigenvalue weighted by Gasteiger charge is -2.27. The maximum absolute atomic E-state index is 12.5. The highest BCUT2D eigenvalue weighted by Crippen LogP contribution is 2.16. The third-order valence-corrected chi connectivity index (χ3v) is 4.10. The molecule has 2 amide bonds. The first kappa shape index (κ1) is 21.9. The maximum atomic E-state index is 12.5. The van der Waals surface area contributed by atoms with Crippen molar-refractivity contribution in [3.8, 4) is 0 Å². The van der Waals surface area contributed by atoms with Gasteiger partial charge in [-0.25, -0.2) is 0 Å². The summed E-state index contributed by atoms with van der Waals surface area (Å²) >= 11 is 3.36. The number of halogens is 2. The molecular formula is C16H25BrClN3O2. The molecule has 1 aromatic carbocycles. The Balaban J connectivity index is 0.00000484. The fourth-order valence-electron chi connectivity index (χ4n) is 2.01. The van der Waals surface area contributed by atoms with E-state index in [-0.39, 0.29) is 30.1 Å². The summed E-state index contributed by atoms with van der Waals surface area (Å²) in [4.78, 5) is 26.6. The van der Waals surface area contributed by atoms with Gasteiger partial charge in [0.25, 0.3) is 5.91 Å².